The summed E-state index contributed by atoms with van der Waals surface area (Å²) in [6.07, 6.45) is 0. The molecule has 4 nitrogen and oxygen atoms in total. The van der Waals surface area contributed by atoms with Crippen molar-refractivity contribution in [1.82, 2.24) is 0 Å². The molecule has 0 aliphatic carbocycles. The first kappa shape index (κ1) is 15.8. The van der Waals surface area contributed by atoms with E-state index in [1.165, 1.54) is 0 Å². The van der Waals surface area contributed by atoms with Crippen LogP contribution in [0.4, 0.5) is 0 Å². The molecule has 0 spiro atoms. The van der Waals surface area contributed by atoms with Crippen molar-refractivity contribution in [1.29, 1.82) is 0 Å². The molecule has 0 fully saturated rings. The molecule has 0 saturated carbocycles. The van der Waals surface area contributed by atoms with Gasteiger partial charge in [0.25, 0.3) is 0 Å². The first-order chi connectivity index (χ1) is 5.41. The fourth-order valence-electron chi connectivity index (χ4n) is 0.407. The van der Waals surface area contributed by atoms with Crippen LogP contribution in [-0.4, -0.2) is 86.1 Å². The Kier molecular flexibility index (Phi) is 19.6. The van der Waals surface area contributed by atoms with Crippen LogP contribution in [0, 0.1) is 0 Å². The van der Waals surface area contributed by atoms with Crippen LogP contribution in [0.2, 0.25) is 0 Å². The van der Waals surface area contributed by atoms with Gasteiger partial charge in [0, 0.05) is 0 Å². The molecule has 0 rings (SSSR count). The van der Waals surface area contributed by atoms with Crippen molar-refractivity contribution in [3.63, 3.8) is 0 Å². The Hall–Kier alpha value is 1.37. The van der Waals surface area contributed by atoms with E-state index >= 15 is 0 Å². The topological polar surface area (TPSA) is 36.9 Å². The minimum atomic E-state index is -0.349. The molecule has 0 saturated heterocycles. The van der Waals surface area contributed by atoms with Crippen molar-refractivity contribution in [3.05, 3.63) is 0 Å². The number of hydrogen-bond acceptors (Lipinski definition) is 4. The second-order valence-electron chi connectivity index (χ2n) is 1.82. The predicted molar refractivity (Wildman–Crippen MR) is 49.7 cm³/mol. The van der Waals surface area contributed by atoms with E-state index in [2.05, 4.69) is 0 Å². The van der Waals surface area contributed by atoms with Crippen molar-refractivity contribution in [2.45, 2.75) is 0 Å². The van der Waals surface area contributed by atoms with Gasteiger partial charge in [-0.05, 0) is 0 Å². The Bertz CT molecular complexity index is 73.7. The second kappa shape index (κ2) is 14.9. The summed E-state index contributed by atoms with van der Waals surface area (Å²) in [7, 11) is 3.29. The zero-order chi connectivity index (χ0) is 8.36. The SMILES string of the molecule is COCC[O][Al+][O]CCOC.[H-].[NaH]. The fraction of sp³-hybridized carbons (Fsp3) is 1.00. The van der Waals surface area contributed by atoms with Gasteiger partial charge >= 0.3 is 103 Å². The van der Waals surface area contributed by atoms with Crippen LogP contribution in [0.1, 0.15) is 1.43 Å². The van der Waals surface area contributed by atoms with E-state index in [1.807, 2.05) is 0 Å². The molecule has 0 aliphatic rings. The van der Waals surface area contributed by atoms with E-state index < -0.39 is 0 Å². The predicted octanol–water partition coefficient (Wildman–Crippen LogP) is -0.689. The van der Waals surface area contributed by atoms with E-state index in [9.17, 15) is 0 Å². The second-order valence-corrected chi connectivity index (χ2v) is 2.68. The summed E-state index contributed by atoms with van der Waals surface area (Å²) in [5.41, 5.74) is 0. The molecule has 0 amide bonds. The van der Waals surface area contributed by atoms with Gasteiger partial charge < -0.3 is 1.43 Å². The van der Waals surface area contributed by atoms with Crippen molar-refractivity contribution in [2.75, 3.05) is 40.6 Å². The molecule has 0 aromatic carbocycles. The Morgan fingerprint density at radius 3 is 1.67 bits per heavy atom. The molecule has 12 heavy (non-hydrogen) atoms. The molecule has 0 unspecified atom stereocenters. The molecule has 0 aromatic rings. The van der Waals surface area contributed by atoms with Gasteiger partial charge in [-0.3, -0.25) is 0 Å². The number of ether oxygens (including phenoxy) is 2. The van der Waals surface area contributed by atoms with Crippen molar-refractivity contribution in [2.24, 2.45) is 0 Å². The molecule has 6 heteroatoms. The van der Waals surface area contributed by atoms with Gasteiger partial charge in [-0.1, -0.05) is 0 Å². The van der Waals surface area contributed by atoms with Crippen molar-refractivity contribution >= 4 is 45.4 Å². The first-order valence-corrected chi connectivity index (χ1v) is 4.39. The summed E-state index contributed by atoms with van der Waals surface area (Å²) < 4.78 is 19.8. The number of methoxy groups -OCH3 is 2. The first-order valence-electron chi connectivity index (χ1n) is 3.44. The monoisotopic (exact) mass is 202 g/mol. The summed E-state index contributed by atoms with van der Waals surface area (Å²) in [5, 5.41) is 0. The summed E-state index contributed by atoms with van der Waals surface area (Å²) in [5.74, 6) is 0. The zero-order valence-electron chi connectivity index (χ0n) is 8.04. The third-order valence-electron chi connectivity index (χ3n) is 0.947. The molecule has 0 radical (unpaired) electrons. The van der Waals surface area contributed by atoms with Crippen LogP contribution in [0.3, 0.4) is 0 Å². The van der Waals surface area contributed by atoms with E-state index in [-0.39, 0.29) is 46.9 Å². The van der Waals surface area contributed by atoms with Crippen LogP contribution in [0.25, 0.3) is 0 Å². The molecule has 68 valence electrons. The summed E-state index contributed by atoms with van der Waals surface area (Å²) in [4.78, 5) is 0. The molecule has 0 atom stereocenters. The van der Waals surface area contributed by atoms with Crippen LogP contribution in [-0.2, 0) is 17.1 Å². The van der Waals surface area contributed by atoms with Crippen LogP contribution in [0.15, 0.2) is 0 Å². The third-order valence-corrected chi connectivity index (χ3v) is 1.69. The van der Waals surface area contributed by atoms with Gasteiger partial charge in [0.15, 0.2) is 0 Å². The summed E-state index contributed by atoms with van der Waals surface area (Å²) in [6, 6.07) is 0. The number of rotatable bonds is 8. The molecule has 0 heterocycles. The van der Waals surface area contributed by atoms with Crippen LogP contribution < -0.4 is 0 Å². The normalized spacial score (nSPS) is 8.83. The molecule has 0 bridgehead atoms. The van der Waals surface area contributed by atoms with Gasteiger partial charge in [0.2, 0.25) is 0 Å². The van der Waals surface area contributed by atoms with E-state index in [0.717, 1.165) is 0 Å². The molecular weight excluding hydrogens is 186 g/mol. The Balaban J connectivity index is -0.000000500. The number of hydrogen-bond donors (Lipinski definition) is 0. The van der Waals surface area contributed by atoms with Crippen molar-refractivity contribution in [3.8, 4) is 0 Å². The third kappa shape index (κ3) is 13.9. The van der Waals surface area contributed by atoms with Gasteiger partial charge in [0.05, 0.1) is 0 Å². The Labute approximate surface area is 104 Å². The fourth-order valence-corrected chi connectivity index (χ4v) is 0.888. The van der Waals surface area contributed by atoms with Gasteiger partial charge in [-0.15, -0.1) is 0 Å². The van der Waals surface area contributed by atoms with Crippen LogP contribution >= 0.6 is 0 Å². The average Bonchev–Trinajstić information content (AvgIpc) is 2.03. The zero-order valence-corrected chi connectivity index (χ0v) is 8.19. The van der Waals surface area contributed by atoms with E-state index in [1.54, 1.807) is 14.2 Å². The maximum atomic E-state index is 5.10. The average molecular weight is 202 g/mol. The summed E-state index contributed by atoms with van der Waals surface area (Å²) >= 11 is -0.349. The van der Waals surface area contributed by atoms with Gasteiger partial charge in [-0.25, -0.2) is 0 Å². The molecular formula is C6H16AlNaO4. The molecule has 0 aliphatic heterocycles. The maximum absolute atomic E-state index is 5.10. The minimum absolute atomic E-state index is 0. The van der Waals surface area contributed by atoms with Gasteiger partial charge in [0.1, 0.15) is 0 Å². The Morgan fingerprint density at radius 2 is 1.33 bits per heavy atom. The molecule has 0 N–H and O–H groups in total. The van der Waals surface area contributed by atoms with Gasteiger partial charge in [-0.2, -0.15) is 0 Å². The standard InChI is InChI=1S/2C3H7O2.Al.Na.2H/c2*1-5-3-2-4;;;;/h2*2-3H2,1H3;;;;/q2*-1;+3;;;-1. The van der Waals surface area contributed by atoms with Crippen LogP contribution in [0.5, 0.6) is 0 Å². The summed E-state index contributed by atoms with van der Waals surface area (Å²) in [6.45, 7) is 2.47. The quantitative estimate of drug-likeness (QED) is 0.385. The Morgan fingerprint density at radius 1 is 0.917 bits per heavy atom. The van der Waals surface area contributed by atoms with E-state index in [4.69, 9.17) is 17.1 Å². The molecule has 0 aromatic heterocycles. The van der Waals surface area contributed by atoms with Crippen molar-refractivity contribution < 1.29 is 18.5 Å². The van der Waals surface area contributed by atoms with E-state index in [0.29, 0.717) is 26.4 Å².